The lowest BCUT2D eigenvalue weighted by atomic mass is 9.79. The monoisotopic (exact) mass is 558 g/mol. The molecule has 0 fully saturated rings. The van der Waals surface area contributed by atoms with Gasteiger partial charge in [-0.2, -0.15) is 0 Å². The number of rotatable bonds is 14. The fourth-order valence-electron chi connectivity index (χ4n) is 5.50. The Morgan fingerprint density at radius 3 is 2.26 bits per heavy atom. The van der Waals surface area contributed by atoms with E-state index >= 15 is 0 Å². The maximum Gasteiger partial charge on any atom is 0.320 e. The first-order chi connectivity index (χ1) is 18.5. The SMILES string of the molecule is CCCCC1(CCCC)CN(c2ccccc2)c2cc(C)c(CNC(CCC(=O)O)C(=O)O)cc2S(=O)(=O)C1. The van der Waals surface area contributed by atoms with Crippen LogP contribution >= 0.6 is 0 Å². The van der Waals surface area contributed by atoms with Crippen LogP contribution in [-0.4, -0.2) is 48.9 Å². The first-order valence-corrected chi connectivity index (χ1v) is 15.5. The van der Waals surface area contributed by atoms with E-state index < -0.39 is 33.2 Å². The number of carboxylic acids is 2. The summed E-state index contributed by atoms with van der Waals surface area (Å²) in [4.78, 5) is 25.1. The molecule has 0 saturated heterocycles. The summed E-state index contributed by atoms with van der Waals surface area (Å²) in [6.07, 6.45) is 5.23. The van der Waals surface area contributed by atoms with Gasteiger partial charge in [-0.05, 0) is 61.6 Å². The molecular formula is C30H42N2O6S. The Labute approximate surface area is 232 Å². The molecule has 0 bridgehead atoms. The van der Waals surface area contributed by atoms with Gasteiger partial charge >= 0.3 is 11.9 Å². The molecule has 0 amide bonds. The number of hydrogen-bond donors (Lipinski definition) is 3. The Hall–Kier alpha value is -2.91. The van der Waals surface area contributed by atoms with Crippen molar-refractivity contribution in [1.29, 1.82) is 0 Å². The second kappa shape index (κ2) is 13.4. The lowest BCUT2D eigenvalue weighted by Crippen LogP contribution is -2.38. The van der Waals surface area contributed by atoms with Crippen molar-refractivity contribution in [2.24, 2.45) is 5.41 Å². The Morgan fingerprint density at radius 2 is 1.69 bits per heavy atom. The van der Waals surface area contributed by atoms with Gasteiger partial charge in [0.25, 0.3) is 0 Å². The number of aryl methyl sites for hydroxylation is 1. The number of sulfone groups is 1. The molecule has 214 valence electrons. The van der Waals surface area contributed by atoms with Crippen LogP contribution in [0.4, 0.5) is 11.4 Å². The summed E-state index contributed by atoms with van der Waals surface area (Å²) in [7, 11) is -3.67. The lowest BCUT2D eigenvalue weighted by molar-refractivity contribution is -0.140. The molecule has 0 radical (unpaired) electrons. The molecule has 1 aliphatic heterocycles. The van der Waals surface area contributed by atoms with E-state index in [4.69, 9.17) is 5.11 Å². The third kappa shape index (κ3) is 7.82. The van der Waals surface area contributed by atoms with Gasteiger partial charge in [-0.25, -0.2) is 8.42 Å². The fraction of sp³-hybridized carbons (Fsp3) is 0.533. The van der Waals surface area contributed by atoms with Crippen LogP contribution in [-0.2, 0) is 26.0 Å². The van der Waals surface area contributed by atoms with Crippen LogP contribution in [0.3, 0.4) is 0 Å². The van der Waals surface area contributed by atoms with E-state index in [9.17, 15) is 23.1 Å². The molecule has 9 heteroatoms. The molecule has 39 heavy (non-hydrogen) atoms. The fourth-order valence-corrected chi connectivity index (χ4v) is 7.65. The van der Waals surface area contributed by atoms with E-state index in [2.05, 4.69) is 24.1 Å². The van der Waals surface area contributed by atoms with Gasteiger partial charge in [0.2, 0.25) is 0 Å². The zero-order valence-corrected chi connectivity index (χ0v) is 24.1. The van der Waals surface area contributed by atoms with Crippen LogP contribution in [0.2, 0.25) is 0 Å². The van der Waals surface area contributed by atoms with Gasteiger partial charge in [-0.1, -0.05) is 57.7 Å². The van der Waals surface area contributed by atoms with Crippen LogP contribution in [0.5, 0.6) is 0 Å². The molecule has 2 aromatic carbocycles. The van der Waals surface area contributed by atoms with Crippen molar-refractivity contribution in [3.63, 3.8) is 0 Å². The van der Waals surface area contributed by atoms with Gasteiger partial charge in [-0.15, -0.1) is 0 Å². The molecule has 0 spiro atoms. The highest BCUT2D eigenvalue weighted by Gasteiger charge is 2.42. The number of carboxylic acid groups (broad SMARTS) is 2. The van der Waals surface area contributed by atoms with Crippen LogP contribution < -0.4 is 10.2 Å². The molecular weight excluding hydrogens is 516 g/mol. The van der Waals surface area contributed by atoms with Crippen molar-refractivity contribution < 1.29 is 28.2 Å². The molecule has 8 nitrogen and oxygen atoms in total. The predicted octanol–water partition coefficient (Wildman–Crippen LogP) is 5.69. The highest BCUT2D eigenvalue weighted by Crippen LogP contribution is 2.45. The average molecular weight is 559 g/mol. The number of para-hydroxylation sites is 1. The minimum absolute atomic E-state index is 0.0634. The molecule has 0 saturated carbocycles. The minimum Gasteiger partial charge on any atom is -0.481 e. The highest BCUT2D eigenvalue weighted by atomic mass is 32.2. The topological polar surface area (TPSA) is 124 Å². The third-order valence-electron chi connectivity index (χ3n) is 7.71. The van der Waals surface area contributed by atoms with Gasteiger partial charge in [0.05, 0.1) is 16.3 Å². The number of benzene rings is 2. The van der Waals surface area contributed by atoms with Crippen molar-refractivity contribution in [2.75, 3.05) is 17.2 Å². The summed E-state index contributed by atoms with van der Waals surface area (Å²) in [5, 5.41) is 21.4. The Bertz CT molecular complexity index is 1240. The van der Waals surface area contributed by atoms with E-state index in [0.29, 0.717) is 17.8 Å². The Balaban J connectivity index is 2.08. The number of hydrogen-bond acceptors (Lipinski definition) is 6. The van der Waals surface area contributed by atoms with E-state index in [1.165, 1.54) is 0 Å². The van der Waals surface area contributed by atoms with Crippen molar-refractivity contribution in [2.45, 2.75) is 89.6 Å². The summed E-state index contributed by atoms with van der Waals surface area (Å²) in [5.74, 6) is -2.13. The molecule has 0 aliphatic carbocycles. The highest BCUT2D eigenvalue weighted by molar-refractivity contribution is 7.91. The molecule has 1 atom stereocenters. The number of nitrogens with zero attached hydrogens (tertiary/aromatic N) is 1. The Kier molecular flexibility index (Phi) is 10.6. The molecule has 3 rings (SSSR count). The molecule has 1 aliphatic rings. The average Bonchev–Trinajstić information content (AvgIpc) is 2.98. The number of fused-ring (bicyclic) bond motifs is 1. The standard InChI is InChI=1S/C30H42N2O6S/c1-4-6-15-30(16-7-5-2)20-32(24-11-9-8-10-12-24)26-17-22(3)23(18-27(26)39(37,38)21-30)19-31-25(29(35)36)13-14-28(33)34/h8-12,17-18,25,31H,4-7,13-16,19-21H2,1-3H3,(H,33,34)(H,35,36). The minimum atomic E-state index is -3.67. The summed E-state index contributed by atoms with van der Waals surface area (Å²) in [6.45, 7) is 6.88. The second-order valence-corrected chi connectivity index (χ2v) is 12.8. The predicted molar refractivity (Wildman–Crippen MR) is 153 cm³/mol. The zero-order valence-electron chi connectivity index (χ0n) is 23.3. The maximum atomic E-state index is 14.1. The quantitative estimate of drug-likeness (QED) is 0.270. The number of unbranched alkanes of at least 4 members (excludes halogenated alkanes) is 2. The van der Waals surface area contributed by atoms with Crippen molar-refractivity contribution >= 4 is 33.2 Å². The van der Waals surface area contributed by atoms with Gasteiger partial charge < -0.3 is 20.4 Å². The van der Waals surface area contributed by atoms with Crippen LogP contribution in [0.25, 0.3) is 0 Å². The number of aliphatic carboxylic acids is 2. The van der Waals surface area contributed by atoms with Crippen molar-refractivity contribution in [3.05, 3.63) is 53.6 Å². The molecule has 3 N–H and O–H groups in total. The van der Waals surface area contributed by atoms with Crippen molar-refractivity contribution in [1.82, 2.24) is 5.32 Å². The summed E-state index contributed by atoms with van der Waals surface area (Å²) < 4.78 is 28.2. The maximum absolute atomic E-state index is 14.1. The molecule has 2 aromatic rings. The van der Waals surface area contributed by atoms with Crippen molar-refractivity contribution in [3.8, 4) is 0 Å². The Morgan fingerprint density at radius 1 is 1.05 bits per heavy atom. The summed E-state index contributed by atoms with van der Waals surface area (Å²) in [5.41, 5.74) is 2.73. The normalized spacial score (nSPS) is 16.7. The number of carbonyl (C=O) groups is 2. The summed E-state index contributed by atoms with van der Waals surface area (Å²) >= 11 is 0. The van der Waals surface area contributed by atoms with Crippen LogP contribution in [0.1, 0.15) is 76.3 Å². The van der Waals surface area contributed by atoms with E-state index in [0.717, 1.165) is 49.8 Å². The first-order valence-electron chi connectivity index (χ1n) is 13.9. The van der Waals surface area contributed by atoms with E-state index in [1.54, 1.807) is 6.07 Å². The van der Waals surface area contributed by atoms with Crippen LogP contribution in [0.15, 0.2) is 47.4 Å². The second-order valence-electron chi connectivity index (χ2n) is 10.8. The third-order valence-corrected chi connectivity index (χ3v) is 9.70. The molecule has 1 heterocycles. The smallest absolute Gasteiger partial charge is 0.320 e. The molecule has 0 aromatic heterocycles. The lowest BCUT2D eigenvalue weighted by Gasteiger charge is -2.37. The molecule has 1 unspecified atom stereocenters. The van der Waals surface area contributed by atoms with E-state index in [1.807, 2.05) is 43.3 Å². The largest absolute Gasteiger partial charge is 0.481 e. The first kappa shape index (κ1) is 30.6. The van der Waals surface area contributed by atoms with Gasteiger partial charge in [-0.3, -0.25) is 9.59 Å². The van der Waals surface area contributed by atoms with Crippen LogP contribution in [0, 0.1) is 12.3 Å². The number of anilines is 2. The van der Waals surface area contributed by atoms with E-state index in [-0.39, 0.29) is 30.0 Å². The summed E-state index contributed by atoms with van der Waals surface area (Å²) in [6, 6.07) is 12.4. The zero-order chi connectivity index (χ0) is 28.6. The van der Waals surface area contributed by atoms with Gasteiger partial charge in [0.1, 0.15) is 6.04 Å². The van der Waals surface area contributed by atoms with Gasteiger partial charge in [0.15, 0.2) is 9.84 Å². The number of nitrogens with one attached hydrogen (secondary N) is 1. The van der Waals surface area contributed by atoms with Gasteiger partial charge in [0, 0.05) is 30.6 Å².